The van der Waals surface area contributed by atoms with Gasteiger partial charge in [-0.1, -0.05) is 24.3 Å². The maximum atomic E-state index is 12.7. The van der Waals surface area contributed by atoms with E-state index in [1.54, 1.807) is 13.0 Å². The average molecular weight is 441 g/mol. The van der Waals surface area contributed by atoms with Crippen LogP contribution in [-0.4, -0.2) is 28.6 Å². The van der Waals surface area contributed by atoms with Crippen molar-refractivity contribution >= 4 is 23.6 Å². The van der Waals surface area contributed by atoms with Crippen molar-refractivity contribution in [1.82, 2.24) is 5.43 Å². The Balaban J connectivity index is 2.67. The quantitative estimate of drug-likeness (QED) is 0.145. The Labute approximate surface area is 181 Å². The molecule has 12 nitrogen and oxygen atoms in total. The second kappa shape index (κ2) is 11.1. The van der Waals surface area contributed by atoms with Crippen LogP contribution in [-0.2, 0) is 9.53 Å². The van der Waals surface area contributed by atoms with Gasteiger partial charge in [-0.2, -0.15) is 0 Å². The molecule has 0 heterocycles. The lowest BCUT2D eigenvalue weighted by Crippen LogP contribution is -2.25. The minimum absolute atomic E-state index is 0.0123. The Morgan fingerprint density at radius 2 is 1.69 bits per heavy atom. The van der Waals surface area contributed by atoms with Crippen LogP contribution in [0.2, 0.25) is 0 Å². The van der Waals surface area contributed by atoms with Gasteiger partial charge in [-0.05, 0) is 26.0 Å². The van der Waals surface area contributed by atoms with E-state index in [0.717, 1.165) is 0 Å². The van der Waals surface area contributed by atoms with E-state index in [1.807, 2.05) is 0 Å². The van der Waals surface area contributed by atoms with Gasteiger partial charge in [0, 0.05) is 18.3 Å². The zero-order valence-electron chi connectivity index (χ0n) is 17.1. The molecule has 0 saturated carbocycles. The highest BCUT2D eigenvalue weighted by molar-refractivity contribution is 5.92. The summed E-state index contributed by atoms with van der Waals surface area (Å²) in [5.41, 5.74) is 1.57. The monoisotopic (exact) mass is 441 g/mol. The Morgan fingerprint density at radius 3 is 2.28 bits per heavy atom. The van der Waals surface area contributed by atoms with E-state index in [0.29, 0.717) is 0 Å². The number of nitro groups is 2. The molecule has 2 aromatic carbocycles. The summed E-state index contributed by atoms with van der Waals surface area (Å²) in [5.74, 6) is -0.885. The third-order valence-corrected chi connectivity index (χ3v) is 4.33. The van der Waals surface area contributed by atoms with Crippen LogP contribution in [0.5, 0.6) is 0 Å². The summed E-state index contributed by atoms with van der Waals surface area (Å²) in [7, 11) is 0. The molecule has 2 rings (SSSR count). The fourth-order valence-corrected chi connectivity index (χ4v) is 2.92. The zero-order valence-corrected chi connectivity index (χ0v) is 17.1. The van der Waals surface area contributed by atoms with Crippen LogP contribution in [0.25, 0.3) is 0 Å². The van der Waals surface area contributed by atoms with Crippen LogP contribution in [0, 0.1) is 25.1 Å². The number of nitrogens with zero attached hydrogens (tertiary/aromatic N) is 4. The van der Waals surface area contributed by atoms with Crippen LogP contribution in [0.1, 0.15) is 31.0 Å². The van der Waals surface area contributed by atoms with E-state index < -0.39 is 21.9 Å². The van der Waals surface area contributed by atoms with Crippen LogP contribution in [0.3, 0.4) is 0 Å². The van der Waals surface area contributed by atoms with Crippen LogP contribution < -0.4 is 5.43 Å². The maximum Gasteiger partial charge on any atom is 0.338 e. The van der Waals surface area contributed by atoms with E-state index in [2.05, 4.69) is 15.7 Å². The van der Waals surface area contributed by atoms with E-state index >= 15 is 0 Å². The van der Waals surface area contributed by atoms with Gasteiger partial charge in [-0.3, -0.25) is 30.6 Å². The summed E-state index contributed by atoms with van der Waals surface area (Å²) in [5, 5.41) is 25.3. The van der Waals surface area contributed by atoms with E-state index in [1.165, 1.54) is 55.6 Å². The highest BCUT2D eigenvalue weighted by Gasteiger charge is 2.31. The third kappa shape index (κ3) is 5.56. The Kier molecular flexibility index (Phi) is 8.22. The largest absolute Gasteiger partial charge is 0.463 e. The number of nitroso groups, excluding NO2 is 1. The molecule has 2 aromatic rings. The molecule has 0 aliphatic heterocycles. The fraction of sp³-hybridized carbons (Fsp3) is 0.200. The first-order valence-electron chi connectivity index (χ1n) is 9.28. The molecule has 12 heteroatoms. The number of carbonyl (C=O) groups excluding carboxylic acids is 1. The minimum atomic E-state index is -1.35. The van der Waals surface area contributed by atoms with Crippen molar-refractivity contribution in [3.05, 3.63) is 96.1 Å². The number of ether oxygens (including phenoxy) is 1. The third-order valence-electron chi connectivity index (χ3n) is 4.33. The lowest BCUT2D eigenvalue weighted by atomic mass is 9.96. The second-order valence-electron chi connectivity index (χ2n) is 6.26. The number of esters is 1. The molecule has 0 aliphatic carbocycles. The molecule has 0 aromatic heterocycles. The first-order chi connectivity index (χ1) is 15.3. The molecule has 0 fully saturated rings. The molecule has 0 amide bonds. The summed E-state index contributed by atoms with van der Waals surface area (Å²) in [6.07, 6.45) is 1.18. The molecule has 0 bridgehead atoms. The van der Waals surface area contributed by atoms with Gasteiger partial charge >= 0.3 is 5.97 Å². The number of hydrogen-bond donors (Lipinski definition) is 1. The number of allylic oxidation sites excluding steroid dienone is 1. The van der Waals surface area contributed by atoms with Crippen molar-refractivity contribution in [3.63, 3.8) is 0 Å². The normalized spacial score (nSPS) is 12.6. The lowest BCUT2D eigenvalue weighted by molar-refractivity contribution is -0.385. The fourth-order valence-electron chi connectivity index (χ4n) is 2.92. The van der Waals surface area contributed by atoms with Crippen molar-refractivity contribution in [2.24, 2.45) is 10.3 Å². The molecule has 1 N–H and O–H groups in total. The Hall–Kier alpha value is -4.48. The number of hydrogen-bond acceptors (Lipinski definition) is 9. The number of para-hydroxylation sites is 2. The number of nitrogens with one attached hydrogen (secondary N) is 1. The van der Waals surface area contributed by atoms with Crippen molar-refractivity contribution < 1.29 is 19.4 Å². The number of nitro benzene ring substituents is 2. The maximum absolute atomic E-state index is 12.7. The van der Waals surface area contributed by atoms with Crippen molar-refractivity contribution in [2.45, 2.75) is 19.9 Å². The molecule has 0 saturated heterocycles. The summed E-state index contributed by atoms with van der Waals surface area (Å²) >= 11 is 0. The number of carbonyl (C=O) groups is 1. The predicted molar refractivity (Wildman–Crippen MR) is 115 cm³/mol. The molecule has 1 unspecified atom stereocenters. The molecule has 0 radical (unpaired) electrons. The zero-order chi connectivity index (χ0) is 23.7. The molecule has 32 heavy (non-hydrogen) atoms. The summed E-state index contributed by atoms with van der Waals surface area (Å²) in [4.78, 5) is 49.4. The lowest BCUT2D eigenvalue weighted by Gasteiger charge is -2.19. The van der Waals surface area contributed by atoms with Crippen LogP contribution in [0.15, 0.2) is 70.1 Å². The van der Waals surface area contributed by atoms with Crippen LogP contribution >= 0.6 is 0 Å². The molecule has 0 spiro atoms. The minimum Gasteiger partial charge on any atom is -0.463 e. The molecule has 0 aliphatic rings. The number of benzene rings is 2. The Morgan fingerprint density at radius 1 is 1.09 bits per heavy atom. The van der Waals surface area contributed by atoms with Crippen LogP contribution in [0.4, 0.5) is 11.4 Å². The first-order valence-corrected chi connectivity index (χ1v) is 9.28. The number of aliphatic imine (C=N–C) groups is 1. The topological polar surface area (TPSA) is 166 Å². The summed E-state index contributed by atoms with van der Waals surface area (Å²) in [6, 6.07) is 9.97. The molecule has 166 valence electrons. The van der Waals surface area contributed by atoms with Gasteiger partial charge in [0.05, 0.1) is 44.1 Å². The van der Waals surface area contributed by atoms with Gasteiger partial charge in [0.25, 0.3) is 11.4 Å². The van der Waals surface area contributed by atoms with Gasteiger partial charge in [0.2, 0.25) is 0 Å². The number of rotatable bonds is 10. The Bertz CT molecular complexity index is 1100. The average Bonchev–Trinajstić information content (AvgIpc) is 2.77. The first kappa shape index (κ1) is 23.8. The second-order valence-corrected chi connectivity index (χ2v) is 6.26. The molecular formula is C20H19N5O7. The van der Waals surface area contributed by atoms with Gasteiger partial charge in [-0.25, -0.2) is 4.79 Å². The molecular weight excluding hydrogens is 422 g/mol. The van der Waals surface area contributed by atoms with Crippen molar-refractivity contribution in [2.75, 3.05) is 6.61 Å². The summed E-state index contributed by atoms with van der Waals surface area (Å²) in [6.45, 7) is 2.96. The van der Waals surface area contributed by atoms with Crippen molar-refractivity contribution in [3.8, 4) is 0 Å². The van der Waals surface area contributed by atoms with Crippen molar-refractivity contribution in [1.29, 1.82) is 0 Å². The predicted octanol–water partition coefficient (Wildman–Crippen LogP) is 3.77. The van der Waals surface area contributed by atoms with E-state index in [4.69, 9.17) is 4.74 Å². The van der Waals surface area contributed by atoms with Gasteiger partial charge in [-0.15, -0.1) is 4.91 Å². The smallest absolute Gasteiger partial charge is 0.338 e. The summed E-state index contributed by atoms with van der Waals surface area (Å²) < 4.78 is 5.06. The van der Waals surface area contributed by atoms with Gasteiger partial charge in [0.1, 0.15) is 6.04 Å². The van der Waals surface area contributed by atoms with E-state index in [-0.39, 0.29) is 40.4 Å². The highest BCUT2D eigenvalue weighted by atomic mass is 16.6. The highest BCUT2D eigenvalue weighted by Crippen LogP contribution is 2.32. The van der Waals surface area contributed by atoms with E-state index in [9.17, 15) is 29.9 Å². The van der Waals surface area contributed by atoms with Gasteiger partial charge in [0.15, 0.2) is 0 Å². The SMILES string of the molecule is CCOC(=O)C(=C(C)N=Cc1ccccc1[N+](=O)[O-])C(NN=O)c1ccccc1[N+](=O)[O-]. The standard InChI is InChI=1S/C20H19N5O7/c1-3-32-20(26)18(13(2)21-12-14-8-4-6-10-16(14)24(28)29)19(22-23-27)15-9-5-7-11-17(15)25(30)31/h4-12,19H,3H2,1-2H3,(H,22,27). The molecule has 1 atom stereocenters. The van der Waals surface area contributed by atoms with Gasteiger partial charge < -0.3 is 4.74 Å².